The molecule has 0 unspecified atom stereocenters. The van der Waals surface area contributed by atoms with Gasteiger partial charge >= 0.3 is 0 Å². The summed E-state index contributed by atoms with van der Waals surface area (Å²) in [5, 5.41) is 17.6. The maximum atomic E-state index is 12.2. The zero-order chi connectivity index (χ0) is 18.6. The van der Waals surface area contributed by atoms with Gasteiger partial charge in [0.15, 0.2) is 0 Å². The van der Waals surface area contributed by atoms with Gasteiger partial charge in [-0.25, -0.2) is 13.1 Å². The minimum atomic E-state index is -3.67. The van der Waals surface area contributed by atoms with Gasteiger partial charge in [0.05, 0.1) is 27.9 Å². The van der Waals surface area contributed by atoms with Crippen molar-refractivity contribution in [3.05, 3.63) is 36.4 Å². The summed E-state index contributed by atoms with van der Waals surface area (Å²) < 4.78 is 35.7. The Labute approximate surface area is 160 Å². The van der Waals surface area contributed by atoms with Gasteiger partial charge in [-0.05, 0) is 48.3 Å². The number of rotatable bonds is 8. The van der Waals surface area contributed by atoms with Crippen molar-refractivity contribution in [3.63, 3.8) is 0 Å². The highest BCUT2D eigenvalue weighted by atomic mass is 32.2. The Balaban J connectivity index is 1.81. The molecule has 0 saturated heterocycles. The van der Waals surface area contributed by atoms with Crippen LogP contribution in [-0.2, 0) is 10.0 Å². The largest absolute Gasteiger partial charge is 0.455 e. The van der Waals surface area contributed by atoms with Crippen molar-refractivity contribution < 1.29 is 23.4 Å². The van der Waals surface area contributed by atoms with Gasteiger partial charge in [-0.1, -0.05) is 11.8 Å². The van der Waals surface area contributed by atoms with E-state index in [0.717, 1.165) is 9.79 Å². The van der Waals surface area contributed by atoms with Crippen LogP contribution < -0.4 is 14.2 Å². The van der Waals surface area contributed by atoms with Crippen molar-refractivity contribution in [2.75, 3.05) is 26.3 Å². The molecule has 0 spiro atoms. The van der Waals surface area contributed by atoms with Crippen molar-refractivity contribution in [2.45, 2.75) is 19.6 Å². The highest BCUT2D eigenvalue weighted by Crippen LogP contribution is 2.48. The first-order valence-electron chi connectivity index (χ1n) is 7.78. The van der Waals surface area contributed by atoms with Crippen LogP contribution in [-0.4, -0.2) is 44.9 Å². The van der Waals surface area contributed by atoms with Crippen LogP contribution in [0.25, 0.3) is 0 Å². The van der Waals surface area contributed by atoms with Crippen LogP contribution in [0.1, 0.15) is 0 Å². The molecule has 0 radical (unpaired) electrons. The molecule has 7 nitrogen and oxygen atoms in total. The van der Waals surface area contributed by atoms with Crippen molar-refractivity contribution in [1.82, 2.24) is 9.44 Å². The Hall–Kier alpha value is -1.27. The lowest BCUT2D eigenvalue weighted by Gasteiger charge is -2.20. The summed E-state index contributed by atoms with van der Waals surface area (Å²) in [5.74, 6) is 1.31. The SMILES string of the molecule is O=S(=O)(NCCO)c1ccc2c(c1)Sc1cc(SNCCO)ccc1O2. The normalized spacial score (nSPS) is 13.0. The standard InChI is InChI=1S/C16H18N2O5S3/c19-7-5-17-25-11-1-3-13-15(9-11)24-16-10-12(2-4-14(16)23-13)26(21,22)18-6-8-20/h1-4,9-10,17-20H,5-8H2. The van der Waals surface area contributed by atoms with Gasteiger partial charge in [0.1, 0.15) is 11.5 Å². The van der Waals surface area contributed by atoms with Gasteiger partial charge in [-0.15, -0.1) is 0 Å². The monoisotopic (exact) mass is 414 g/mol. The topological polar surface area (TPSA) is 108 Å². The second kappa shape index (κ2) is 8.61. The first kappa shape index (κ1) is 19.5. The molecule has 0 amide bonds. The lowest BCUT2D eigenvalue weighted by atomic mass is 10.3. The summed E-state index contributed by atoms with van der Waals surface area (Å²) >= 11 is 2.84. The molecule has 1 aliphatic heterocycles. The number of nitrogens with one attached hydrogen (secondary N) is 2. The summed E-state index contributed by atoms with van der Waals surface area (Å²) in [6, 6.07) is 10.4. The quantitative estimate of drug-likeness (QED) is 0.326. The van der Waals surface area contributed by atoms with Gasteiger partial charge < -0.3 is 14.9 Å². The molecule has 0 aromatic heterocycles. The number of hydrogen-bond donors (Lipinski definition) is 4. The predicted molar refractivity (Wildman–Crippen MR) is 100 cm³/mol. The van der Waals surface area contributed by atoms with E-state index >= 15 is 0 Å². The molecule has 10 heteroatoms. The van der Waals surface area contributed by atoms with E-state index in [1.165, 1.54) is 29.8 Å². The number of benzene rings is 2. The van der Waals surface area contributed by atoms with Gasteiger partial charge in [0, 0.05) is 18.0 Å². The van der Waals surface area contributed by atoms with Gasteiger partial charge in [-0.2, -0.15) is 0 Å². The number of sulfonamides is 1. The second-order valence-electron chi connectivity index (χ2n) is 5.26. The smallest absolute Gasteiger partial charge is 0.240 e. The Morgan fingerprint density at radius 2 is 1.69 bits per heavy atom. The van der Waals surface area contributed by atoms with Gasteiger partial charge in [0.25, 0.3) is 0 Å². The van der Waals surface area contributed by atoms with Crippen molar-refractivity contribution >= 4 is 33.7 Å². The number of hydrogen-bond acceptors (Lipinski definition) is 8. The maximum Gasteiger partial charge on any atom is 0.240 e. The summed E-state index contributed by atoms with van der Waals surface area (Å²) in [5.41, 5.74) is 0. The molecule has 26 heavy (non-hydrogen) atoms. The van der Waals surface area contributed by atoms with E-state index < -0.39 is 10.0 Å². The Kier molecular flexibility index (Phi) is 6.46. The van der Waals surface area contributed by atoms with Gasteiger partial charge in [-0.3, -0.25) is 4.72 Å². The highest BCUT2D eigenvalue weighted by molar-refractivity contribution is 8.00. The van der Waals surface area contributed by atoms with E-state index in [-0.39, 0.29) is 24.7 Å². The molecular formula is C16H18N2O5S3. The van der Waals surface area contributed by atoms with Crippen LogP contribution in [0.15, 0.2) is 56.0 Å². The second-order valence-corrected chi connectivity index (χ2v) is 9.08. The van der Waals surface area contributed by atoms with Crippen LogP contribution in [0.3, 0.4) is 0 Å². The molecular weight excluding hydrogens is 396 g/mol. The van der Waals surface area contributed by atoms with Crippen molar-refractivity contribution in [2.24, 2.45) is 0 Å². The average Bonchev–Trinajstić information content (AvgIpc) is 2.64. The number of ether oxygens (including phenoxy) is 1. The van der Waals surface area contributed by atoms with Crippen LogP contribution in [0, 0.1) is 0 Å². The van der Waals surface area contributed by atoms with E-state index in [0.29, 0.717) is 22.9 Å². The molecule has 2 aromatic rings. The third-order valence-electron chi connectivity index (χ3n) is 3.39. The molecule has 1 heterocycles. The molecule has 140 valence electrons. The molecule has 0 atom stereocenters. The zero-order valence-electron chi connectivity index (χ0n) is 13.6. The molecule has 4 N–H and O–H groups in total. The lowest BCUT2D eigenvalue weighted by Crippen LogP contribution is -2.26. The Morgan fingerprint density at radius 1 is 1.00 bits per heavy atom. The predicted octanol–water partition coefficient (Wildman–Crippen LogP) is 1.80. The Bertz CT molecular complexity index is 889. The minimum Gasteiger partial charge on any atom is -0.455 e. The fourth-order valence-corrected chi connectivity index (χ4v) is 5.11. The molecule has 0 fully saturated rings. The molecule has 0 saturated carbocycles. The highest BCUT2D eigenvalue weighted by Gasteiger charge is 2.22. The first-order valence-corrected chi connectivity index (χ1v) is 10.9. The third-order valence-corrected chi connectivity index (χ3v) is 6.76. The number of aliphatic hydroxyl groups excluding tert-OH is 2. The molecule has 1 aliphatic rings. The van der Waals surface area contributed by atoms with E-state index in [4.69, 9.17) is 14.9 Å². The number of fused-ring (bicyclic) bond motifs is 2. The van der Waals surface area contributed by atoms with E-state index in [9.17, 15) is 8.42 Å². The Morgan fingerprint density at radius 3 is 2.42 bits per heavy atom. The van der Waals surface area contributed by atoms with Crippen LogP contribution in [0.2, 0.25) is 0 Å². The lowest BCUT2D eigenvalue weighted by molar-refractivity contribution is 0.301. The van der Waals surface area contributed by atoms with E-state index in [1.807, 2.05) is 18.2 Å². The van der Waals surface area contributed by atoms with E-state index in [2.05, 4.69) is 9.44 Å². The van der Waals surface area contributed by atoms with Crippen LogP contribution in [0.4, 0.5) is 0 Å². The summed E-state index contributed by atoms with van der Waals surface area (Å²) in [6.45, 7) is 0.245. The summed E-state index contributed by atoms with van der Waals surface area (Å²) in [4.78, 5) is 2.67. The molecule has 0 bridgehead atoms. The fourth-order valence-electron chi connectivity index (χ4n) is 2.22. The average molecular weight is 415 g/mol. The van der Waals surface area contributed by atoms with Crippen molar-refractivity contribution in [3.8, 4) is 11.5 Å². The number of aliphatic hydroxyl groups is 2. The minimum absolute atomic E-state index is 0.0344. The summed E-state index contributed by atoms with van der Waals surface area (Å²) in [6.07, 6.45) is 0. The molecule has 0 aliphatic carbocycles. The van der Waals surface area contributed by atoms with Crippen molar-refractivity contribution in [1.29, 1.82) is 0 Å². The van der Waals surface area contributed by atoms with Crippen LogP contribution in [0.5, 0.6) is 11.5 Å². The molecule has 2 aromatic carbocycles. The van der Waals surface area contributed by atoms with Crippen LogP contribution >= 0.6 is 23.7 Å². The third kappa shape index (κ3) is 4.52. The summed E-state index contributed by atoms with van der Waals surface area (Å²) in [7, 11) is -3.67. The first-order chi connectivity index (χ1) is 12.5. The maximum absolute atomic E-state index is 12.2. The van der Waals surface area contributed by atoms with E-state index in [1.54, 1.807) is 12.1 Å². The molecule has 3 rings (SSSR count). The zero-order valence-corrected chi connectivity index (χ0v) is 16.1. The fraction of sp³-hybridized carbons (Fsp3) is 0.250. The van der Waals surface area contributed by atoms with Gasteiger partial charge in [0.2, 0.25) is 10.0 Å².